The van der Waals surface area contributed by atoms with Crippen molar-refractivity contribution in [3.8, 4) is 0 Å². The van der Waals surface area contributed by atoms with E-state index < -0.39 is 21.7 Å². The predicted octanol–water partition coefficient (Wildman–Crippen LogP) is 0.484. The molecule has 0 atom stereocenters. The van der Waals surface area contributed by atoms with Gasteiger partial charge in [0.25, 0.3) is 0 Å². The van der Waals surface area contributed by atoms with Crippen molar-refractivity contribution in [1.82, 2.24) is 13.8 Å². The first-order valence-electron chi connectivity index (χ1n) is 8.88. The van der Waals surface area contributed by atoms with Crippen molar-refractivity contribution in [1.29, 1.82) is 0 Å². The molecule has 0 radical (unpaired) electrons. The molecular weight excluding hydrogens is 374 g/mol. The highest BCUT2D eigenvalue weighted by atomic mass is 32.2. The lowest BCUT2D eigenvalue weighted by atomic mass is 10.3. The molecule has 2 heterocycles. The number of fused-ring (bicyclic) bond motifs is 1. The minimum absolute atomic E-state index is 0.0667. The molecule has 1 fully saturated rings. The molecule has 148 valence electrons. The summed E-state index contributed by atoms with van der Waals surface area (Å²) in [6.07, 6.45) is 0. The van der Waals surface area contributed by atoms with Crippen LogP contribution in [-0.4, -0.2) is 67.5 Å². The van der Waals surface area contributed by atoms with E-state index >= 15 is 0 Å². The van der Waals surface area contributed by atoms with Crippen molar-refractivity contribution in [2.45, 2.75) is 25.3 Å². The van der Waals surface area contributed by atoms with E-state index in [1.807, 2.05) is 6.92 Å². The maximum atomic E-state index is 12.9. The zero-order valence-electron chi connectivity index (χ0n) is 15.4. The second-order valence-corrected chi connectivity index (χ2v) is 8.16. The SMILES string of the molecule is CCOC(=O)Cn1c(=O)oc2cc(S(=O)(=O)N3CCN(CC)CC3)ccc21. The van der Waals surface area contributed by atoms with E-state index in [0.717, 1.165) is 11.1 Å². The number of ether oxygens (including phenoxy) is 1. The Bertz CT molecular complexity index is 986. The number of sulfonamides is 1. The molecule has 1 aromatic carbocycles. The van der Waals surface area contributed by atoms with Gasteiger partial charge in [-0.05, 0) is 25.6 Å². The summed E-state index contributed by atoms with van der Waals surface area (Å²) in [6.45, 7) is 6.73. The first-order valence-corrected chi connectivity index (χ1v) is 10.3. The van der Waals surface area contributed by atoms with E-state index in [-0.39, 0.29) is 23.6 Å². The van der Waals surface area contributed by atoms with Crippen LogP contribution in [0.3, 0.4) is 0 Å². The number of carbonyl (C=O) groups excluding carboxylic acids is 1. The Morgan fingerprint density at radius 2 is 1.89 bits per heavy atom. The Balaban J connectivity index is 1.89. The van der Waals surface area contributed by atoms with Crippen molar-refractivity contribution >= 4 is 27.1 Å². The maximum absolute atomic E-state index is 12.9. The Labute approximate surface area is 157 Å². The summed E-state index contributed by atoms with van der Waals surface area (Å²) >= 11 is 0. The van der Waals surface area contributed by atoms with Crippen molar-refractivity contribution in [3.05, 3.63) is 28.7 Å². The molecule has 1 aliphatic rings. The highest BCUT2D eigenvalue weighted by Gasteiger charge is 2.29. The molecule has 2 aromatic rings. The Morgan fingerprint density at radius 3 is 2.52 bits per heavy atom. The van der Waals surface area contributed by atoms with Gasteiger partial charge in [-0.1, -0.05) is 6.92 Å². The van der Waals surface area contributed by atoms with E-state index in [1.54, 1.807) is 6.92 Å². The number of esters is 1. The molecule has 0 aliphatic carbocycles. The maximum Gasteiger partial charge on any atom is 0.420 e. The zero-order chi connectivity index (χ0) is 19.6. The van der Waals surface area contributed by atoms with Crippen LogP contribution in [0.4, 0.5) is 0 Å². The van der Waals surface area contributed by atoms with E-state index in [9.17, 15) is 18.0 Å². The van der Waals surface area contributed by atoms with Crippen LogP contribution in [0, 0.1) is 0 Å². The van der Waals surface area contributed by atoms with Crippen LogP contribution in [-0.2, 0) is 26.1 Å². The lowest BCUT2D eigenvalue weighted by Gasteiger charge is -2.33. The van der Waals surface area contributed by atoms with Crippen molar-refractivity contribution < 1.29 is 22.4 Å². The minimum Gasteiger partial charge on any atom is -0.465 e. The fraction of sp³-hybridized carbons (Fsp3) is 0.529. The summed E-state index contributed by atoms with van der Waals surface area (Å²) in [6, 6.07) is 4.25. The van der Waals surface area contributed by atoms with Gasteiger partial charge in [0.1, 0.15) is 6.54 Å². The van der Waals surface area contributed by atoms with Crippen molar-refractivity contribution in [2.75, 3.05) is 39.3 Å². The van der Waals surface area contributed by atoms with Crippen LogP contribution in [0.5, 0.6) is 0 Å². The summed E-state index contributed by atoms with van der Waals surface area (Å²) < 4.78 is 38.3. The molecule has 0 N–H and O–H groups in total. The average molecular weight is 397 g/mol. The van der Waals surface area contributed by atoms with Crippen LogP contribution in [0.2, 0.25) is 0 Å². The number of benzene rings is 1. The molecule has 9 nitrogen and oxygen atoms in total. The molecule has 1 saturated heterocycles. The first kappa shape index (κ1) is 19.6. The molecule has 3 rings (SSSR count). The van der Waals surface area contributed by atoms with Crippen LogP contribution in [0.1, 0.15) is 13.8 Å². The van der Waals surface area contributed by atoms with E-state index in [0.29, 0.717) is 31.7 Å². The summed E-state index contributed by atoms with van der Waals surface area (Å²) in [5.74, 6) is -1.29. The van der Waals surface area contributed by atoms with Gasteiger partial charge in [0.05, 0.1) is 17.0 Å². The zero-order valence-corrected chi connectivity index (χ0v) is 16.2. The fourth-order valence-electron chi connectivity index (χ4n) is 3.13. The lowest BCUT2D eigenvalue weighted by Crippen LogP contribution is -2.48. The molecular formula is C17H23N3O6S. The third-order valence-electron chi connectivity index (χ3n) is 4.65. The predicted molar refractivity (Wildman–Crippen MR) is 98.0 cm³/mol. The molecule has 27 heavy (non-hydrogen) atoms. The number of nitrogens with zero attached hydrogens (tertiary/aromatic N) is 3. The molecule has 0 unspecified atom stereocenters. The van der Waals surface area contributed by atoms with Crippen molar-refractivity contribution in [3.63, 3.8) is 0 Å². The molecule has 0 saturated carbocycles. The highest BCUT2D eigenvalue weighted by Crippen LogP contribution is 2.22. The Morgan fingerprint density at radius 1 is 1.19 bits per heavy atom. The summed E-state index contributed by atoms with van der Waals surface area (Å²) in [4.78, 5) is 25.9. The first-order chi connectivity index (χ1) is 12.9. The Hall–Kier alpha value is -2.17. The Kier molecular flexibility index (Phi) is 5.68. The standard InChI is InChI=1S/C17H23N3O6S/c1-3-18-7-9-19(10-8-18)27(23,24)13-5-6-14-15(11-13)26-17(22)20(14)12-16(21)25-4-2/h5-6,11H,3-4,7-10,12H2,1-2H3. The molecule has 0 amide bonds. The summed E-state index contributed by atoms with van der Waals surface area (Å²) in [7, 11) is -3.68. The molecule has 0 spiro atoms. The minimum atomic E-state index is -3.68. The van der Waals surface area contributed by atoms with Gasteiger partial charge in [-0.25, -0.2) is 13.2 Å². The van der Waals surface area contributed by atoms with Gasteiger partial charge in [0.2, 0.25) is 10.0 Å². The number of oxazole rings is 1. The van der Waals surface area contributed by atoms with Gasteiger partial charge in [-0.15, -0.1) is 0 Å². The molecule has 10 heteroatoms. The number of hydrogen-bond acceptors (Lipinski definition) is 7. The van der Waals surface area contributed by atoms with E-state index in [4.69, 9.17) is 9.15 Å². The number of hydrogen-bond donors (Lipinski definition) is 0. The largest absolute Gasteiger partial charge is 0.465 e. The van der Waals surface area contributed by atoms with Gasteiger partial charge in [-0.2, -0.15) is 4.31 Å². The molecule has 0 bridgehead atoms. The van der Waals surface area contributed by atoms with Crippen molar-refractivity contribution in [2.24, 2.45) is 0 Å². The van der Waals surface area contributed by atoms with Gasteiger partial charge in [0, 0.05) is 32.2 Å². The van der Waals surface area contributed by atoms with Gasteiger partial charge < -0.3 is 14.1 Å². The summed E-state index contributed by atoms with van der Waals surface area (Å²) in [5, 5.41) is 0. The second kappa shape index (κ2) is 7.83. The molecule has 1 aliphatic heterocycles. The van der Waals surface area contributed by atoms with E-state index in [1.165, 1.54) is 22.5 Å². The number of rotatable bonds is 6. The number of piperazine rings is 1. The number of carbonyl (C=O) groups is 1. The third-order valence-corrected chi connectivity index (χ3v) is 6.54. The average Bonchev–Trinajstić information content (AvgIpc) is 2.96. The van der Waals surface area contributed by atoms with Gasteiger partial charge in [0.15, 0.2) is 5.58 Å². The lowest BCUT2D eigenvalue weighted by molar-refractivity contribution is -0.143. The normalized spacial score (nSPS) is 16.7. The number of aromatic nitrogens is 1. The smallest absolute Gasteiger partial charge is 0.420 e. The quantitative estimate of drug-likeness (QED) is 0.654. The second-order valence-electron chi connectivity index (χ2n) is 6.23. The van der Waals surface area contributed by atoms with Crippen LogP contribution in [0.25, 0.3) is 11.1 Å². The third kappa shape index (κ3) is 3.92. The highest BCUT2D eigenvalue weighted by molar-refractivity contribution is 7.89. The molecule has 1 aromatic heterocycles. The monoisotopic (exact) mass is 397 g/mol. The van der Waals surface area contributed by atoms with Crippen LogP contribution < -0.4 is 5.76 Å². The topological polar surface area (TPSA) is 102 Å². The van der Waals surface area contributed by atoms with Gasteiger partial charge in [-0.3, -0.25) is 9.36 Å². The number of likely N-dealkylation sites (N-methyl/N-ethyl adjacent to an activating group) is 1. The van der Waals surface area contributed by atoms with Crippen LogP contribution in [0.15, 0.2) is 32.3 Å². The fourth-order valence-corrected chi connectivity index (χ4v) is 4.57. The van der Waals surface area contributed by atoms with Crippen LogP contribution >= 0.6 is 0 Å². The summed E-state index contributed by atoms with van der Waals surface area (Å²) in [5.41, 5.74) is 0.473. The van der Waals surface area contributed by atoms with E-state index in [2.05, 4.69) is 4.90 Å². The van der Waals surface area contributed by atoms with Gasteiger partial charge >= 0.3 is 11.7 Å².